The molecule has 2 aromatic carbocycles. The van der Waals surface area contributed by atoms with Crippen LogP contribution in [-0.4, -0.2) is 44.3 Å². The highest BCUT2D eigenvalue weighted by molar-refractivity contribution is 6.27. The lowest BCUT2D eigenvalue weighted by Crippen LogP contribution is -2.17. The Morgan fingerprint density at radius 3 is 2.14 bits per heavy atom. The zero-order valence-corrected chi connectivity index (χ0v) is 15.8. The van der Waals surface area contributed by atoms with Gasteiger partial charge in [-0.05, 0) is 25.1 Å². The van der Waals surface area contributed by atoms with E-state index in [2.05, 4.69) is 83.7 Å². The Balaban J connectivity index is 0.000000409. The summed E-state index contributed by atoms with van der Waals surface area (Å²) in [7, 11) is 2.14. The molecule has 3 rings (SSSR count). The van der Waals surface area contributed by atoms with Crippen LogP contribution in [0.5, 0.6) is 0 Å². The Kier molecular flexibility index (Phi) is 7.47. The van der Waals surface area contributed by atoms with Crippen molar-refractivity contribution in [1.82, 2.24) is 15.1 Å². The molecule has 0 atom stereocenters. The van der Waals surface area contributed by atoms with Crippen molar-refractivity contribution < 1.29 is 19.8 Å². The number of benzene rings is 2. The molecule has 0 aliphatic heterocycles. The summed E-state index contributed by atoms with van der Waals surface area (Å²) in [5.41, 5.74) is 6.12. The number of aromatic amines is 1. The van der Waals surface area contributed by atoms with Gasteiger partial charge in [-0.3, -0.25) is 10.00 Å². The van der Waals surface area contributed by atoms with Crippen LogP contribution in [0.4, 0.5) is 0 Å². The van der Waals surface area contributed by atoms with Crippen molar-refractivity contribution in [2.75, 3.05) is 7.05 Å². The average Bonchev–Trinajstić information content (AvgIpc) is 3.11. The van der Waals surface area contributed by atoms with Gasteiger partial charge in [-0.15, -0.1) is 0 Å². The fourth-order valence-corrected chi connectivity index (χ4v) is 2.64. The molecule has 7 heteroatoms. The van der Waals surface area contributed by atoms with E-state index in [1.165, 1.54) is 22.3 Å². The van der Waals surface area contributed by atoms with Gasteiger partial charge in [0.2, 0.25) is 0 Å². The fraction of sp³-hybridized carbons (Fsp3) is 0.190. The van der Waals surface area contributed by atoms with Crippen molar-refractivity contribution in [1.29, 1.82) is 0 Å². The van der Waals surface area contributed by atoms with Gasteiger partial charge in [-0.1, -0.05) is 60.2 Å². The molecule has 146 valence electrons. The van der Waals surface area contributed by atoms with E-state index in [4.69, 9.17) is 19.8 Å². The molecule has 0 aliphatic carbocycles. The van der Waals surface area contributed by atoms with E-state index in [0.717, 1.165) is 18.8 Å². The Bertz CT molecular complexity index is 893. The minimum absolute atomic E-state index is 0.870. The fourth-order valence-electron chi connectivity index (χ4n) is 2.64. The number of hydrogen-bond donors (Lipinski definition) is 3. The summed E-state index contributed by atoms with van der Waals surface area (Å²) in [4.78, 5) is 20.5. The van der Waals surface area contributed by atoms with Crippen LogP contribution >= 0.6 is 0 Å². The van der Waals surface area contributed by atoms with Gasteiger partial charge in [-0.25, -0.2) is 9.59 Å². The lowest BCUT2D eigenvalue weighted by atomic mass is 10.1. The number of carboxylic acid groups (broad SMARTS) is 2. The van der Waals surface area contributed by atoms with Crippen LogP contribution in [0, 0.1) is 6.92 Å². The zero-order chi connectivity index (χ0) is 20.5. The molecule has 0 spiro atoms. The van der Waals surface area contributed by atoms with Crippen molar-refractivity contribution in [3.63, 3.8) is 0 Å². The number of H-pyrrole nitrogens is 1. The third kappa shape index (κ3) is 6.37. The van der Waals surface area contributed by atoms with Crippen LogP contribution in [0.1, 0.15) is 16.7 Å². The molecule has 1 aromatic heterocycles. The predicted octanol–water partition coefficient (Wildman–Crippen LogP) is 3.17. The predicted molar refractivity (Wildman–Crippen MR) is 106 cm³/mol. The van der Waals surface area contributed by atoms with Crippen LogP contribution in [-0.2, 0) is 22.7 Å². The minimum Gasteiger partial charge on any atom is -0.473 e. The zero-order valence-electron chi connectivity index (χ0n) is 15.8. The van der Waals surface area contributed by atoms with Gasteiger partial charge in [0, 0.05) is 18.7 Å². The Morgan fingerprint density at radius 2 is 1.57 bits per heavy atom. The molecule has 1 heterocycles. The van der Waals surface area contributed by atoms with Crippen molar-refractivity contribution in [2.24, 2.45) is 0 Å². The van der Waals surface area contributed by atoms with Gasteiger partial charge in [0.05, 0.1) is 11.9 Å². The number of hydrogen-bond acceptors (Lipinski definition) is 4. The number of aliphatic carboxylic acids is 2. The van der Waals surface area contributed by atoms with E-state index < -0.39 is 11.9 Å². The highest BCUT2D eigenvalue weighted by atomic mass is 16.4. The first-order chi connectivity index (χ1) is 13.4. The number of nitrogens with zero attached hydrogens (tertiary/aromatic N) is 2. The number of carbonyl (C=O) groups is 2. The number of aromatic nitrogens is 2. The maximum Gasteiger partial charge on any atom is 0.414 e. The van der Waals surface area contributed by atoms with Crippen LogP contribution < -0.4 is 0 Å². The maximum atomic E-state index is 9.10. The molecule has 3 N–H and O–H groups in total. The van der Waals surface area contributed by atoms with Gasteiger partial charge in [0.15, 0.2) is 0 Å². The van der Waals surface area contributed by atoms with E-state index >= 15 is 0 Å². The van der Waals surface area contributed by atoms with E-state index in [1.807, 2.05) is 6.20 Å². The second-order valence-electron chi connectivity index (χ2n) is 6.40. The summed E-state index contributed by atoms with van der Waals surface area (Å²) < 4.78 is 0. The van der Waals surface area contributed by atoms with Crippen LogP contribution in [0.25, 0.3) is 11.3 Å². The quantitative estimate of drug-likeness (QED) is 0.586. The number of nitrogens with one attached hydrogen (secondary N) is 1. The van der Waals surface area contributed by atoms with Gasteiger partial charge >= 0.3 is 11.9 Å². The molecule has 3 aromatic rings. The summed E-state index contributed by atoms with van der Waals surface area (Å²) >= 11 is 0. The molecule has 0 unspecified atom stereocenters. The largest absolute Gasteiger partial charge is 0.473 e. The summed E-state index contributed by atoms with van der Waals surface area (Å²) in [6.45, 7) is 3.90. The van der Waals surface area contributed by atoms with Gasteiger partial charge in [0.25, 0.3) is 0 Å². The molecule has 0 radical (unpaired) electrons. The number of aryl methyl sites for hydroxylation is 1. The average molecular weight is 381 g/mol. The molecule has 28 heavy (non-hydrogen) atoms. The molecular formula is C21H23N3O4. The molecule has 0 bridgehead atoms. The van der Waals surface area contributed by atoms with Crippen molar-refractivity contribution >= 4 is 11.9 Å². The van der Waals surface area contributed by atoms with E-state index in [9.17, 15) is 0 Å². The van der Waals surface area contributed by atoms with Gasteiger partial charge in [-0.2, -0.15) is 5.10 Å². The highest BCUT2D eigenvalue weighted by Gasteiger charge is 2.10. The van der Waals surface area contributed by atoms with E-state index in [1.54, 1.807) is 0 Å². The molecule has 0 amide bonds. The molecule has 0 fully saturated rings. The van der Waals surface area contributed by atoms with Gasteiger partial charge < -0.3 is 10.2 Å². The smallest absolute Gasteiger partial charge is 0.414 e. The third-order valence-corrected chi connectivity index (χ3v) is 3.98. The topological polar surface area (TPSA) is 107 Å². The van der Waals surface area contributed by atoms with Crippen LogP contribution in [0.2, 0.25) is 0 Å². The standard InChI is InChI=1S/C19H21N3.C2H2O4/c1-15-8-10-17(11-9-15)19-18(12-20-21-19)14-22(2)13-16-6-4-3-5-7-16;3-1(4)2(5)6/h3-12H,13-14H2,1-2H3,(H,20,21);(H,3,4)(H,5,6). The lowest BCUT2D eigenvalue weighted by Gasteiger charge is -2.16. The summed E-state index contributed by atoms with van der Waals surface area (Å²) in [5, 5.41) is 22.1. The monoisotopic (exact) mass is 381 g/mol. The summed E-state index contributed by atoms with van der Waals surface area (Å²) in [6, 6.07) is 19.1. The maximum absolute atomic E-state index is 9.10. The van der Waals surface area contributed by atoms with Crippen molar-refractivity contribution in [3.8, 4) is 11.3 Å². The molecule has 0 saturated heterocycles. The van der Waals surface area contributed by atoms with Crippen molar-refractivity contribution in [3.05, 3.63) is 77.5 Å². The second kappa shape index (κ2) is 10.0. The van der Waals surface area contributed by atoms with Gasteiger partial charge in [0.1, 0.15) is 0 Å². The SMILES string of the molecule is Cc1ccc(-c2[nH]ncc2CN(C)Cc2ccccc2)cc1.O=C(O)C(=O)O. The minimum atomic E-state index is -1.82. The molecular weight excluding hydrogens is 358 g/mol. The second-order valence-corrected chi connectivity index (χ2v) is 6.40. The van der Waals surface area contributed by atoms with Crippen LogP contribution in [0.15, 0.2) is 60.8 Å². The Morgan fingerprint density at radius 1 is 0.964 bits per heavy atom. The van der Waals surface area contributed by atoms with E-state index in [-0.39, 0.29) is 0 Å². The summed E-state index contributed by atoms with van der Waals surface area (Å²) in [6.07, 6.45) is 1.93. The lowest BCUT2D eigenvalue weighted by molar-refractivity contribution is -0.159. The summed E-state index contributed by atoms with van der Waals surface area (Å²) in [5.74, 6) is -3.65. The first kappa shape index (κ1) is 20.9. The molecule has 0 aliphatic rings. The Hall–Kier alpha value is -3.45. The van der Waals surface area contributed by atoms with E-state index in [0.29, 0.717) is 0 Å². The number of carboxylic acids is 2. The first-order valence-corrected chi connectivity index (χ1v) is 8.64. The first-order valence-electron chi connectivity index (χ1n) is 8.64. The van der Waals surface area contributed by atoms with Crippen molar-refractivity contribution in [2.45, 2.75) is 20.0 Å². The highest BCUT2D eigenvalue weighted by Crippen LogP contribution is 2.22. The molecule has 0 saturated carbocycles. The van der Waals surface area contributed by atoms with Crippen LogP contribution in [0.3, 0.4) is 0 Å². The third-order valence-electron chi connectivity index (χ3n) is 3.98. The number of rotatable bonds is 5. The normalized spacial score (nSPS) is 10.2. The molecule has 7 nitrogen and oxygen atoms in total. The Labute approximate surface area is 163 Å².